The smallest absolute Gasteiger partial charge is 0.288 e. The predicted octanol–water partition coefficient (Wildman–Crippen LogP) is 2.72. The van der Waals surface area contributed by atoms with Gasteiger partial charge in [-0.25, -0.2) is 4.98 Å². The largest absolute Gasteiger partial charge is 0.493 e. The molecule has 1 aliphatic heterocycles. The van der Waals surface area contributed by atoms with Gasteiger partial charge < -0.3 is 19.7 Å². The van der Waals surface area contributed by atoms with E-state index in [-0.39, 0.29) is 12.1 Å². The first kappa shape index (κ1) is 22.1. The van der Waals surface area contributed by atoms with E-state index < -0.39 is 11.5 Å². The van der Waals surface area contributed by atoms with E-state index in [4.69, 9.17) is 9.47 Å². The van der Waals surface area contributed by atoms with Crippen LogP contribution in [-0.2, 0) is 6.54 Å². The number of carbonyl (C=O) groups is 1. The second kappa shape index (κ2) is 9.56. The summed E-state index contributed by atoms with van der Waals surface area (Å²) >= 11 is 1.37. The fourth-order valence-electron chi connectivity index (χ4n) is 3.80. The van der Waals surface area contributed by atoms with Crippen molar-refractivity contribution in [1.29, 1.82) is 0 Å². The molecule has 4 rings (SSSR count). The molecule has 9 nitrogen and oxygen atoms in total. The Kier molecular flexibility index (Phi) is 6.59. The average Bonchev–Trinajstić information content (AvgIpc) is 3.24. The molecule has 1 N–H and O–H groups in total. The minimum Gasteiger partial charge on any atom is -0.493 e. The maximum absolute atomic E-state index is 12.9. The molecular weight excluding hydrogens is 430 g/mol. The maximum Gasteiger partial charge on any atom is 0.288 e. The van der Waals surface area contributed by atoms with Gasteiger partial charge in [0.05, 0.1) is 13.7 Å². The summed E-state index contributed by atoms with van der Waals surface area (Å²) in [6.45, 7) is 6.70. The molecule has 10 heteroatoms. The zero-order valence-corrected chi connectivity index (χ0v) is 19.3. The summed E-state index contributed by atoms with van der Waals surface area (Å²) in [5, 5.41) is 8.00. The Morgan fingerprint density at radius 3 is 2.94 bits per heavy atom. The zero-order valence-electron chi connectivity index (χ0n) is 18.5. The van der Waals surface area contributed by atoms with Crippen molar-refractivity contribution < 1.29 is 14.3 Å². The fourth-order valence-corrected chi connectivity index (χ4v) is 4.69. The van der Waals surface area contributed by atoms with Crippen molar-refractivity contribution >= 4 is 27.3 Å². The quantitative estimate of drug-likeness (QED) is 0.582. The third-order valence-corrected chi connectivity index (χ3v) is 6.41. The molecule has 1 aromatic carbocycles. The molecule has 0 unspecified atom stereocenters. The Hall–Kier alpha value is -3.14. The van der Waals surface area contributed by atoms with Crippen molar-refractivity contribution in [2.24, 2.45) is 5.92 Å². The van der Waals surface area contributed by atoms with Crippen molar-refractivity contribution in [1.82, 2.24) is 19.9 Å². The first-order chi connectivity index (χ1) is 15.5. The van der Waals surface area contributed by atoms with E-state index in [0.29, 0.717) is 29.0 Å². The van der Waals surface area contributed by atoms with Gasteiger partial charge in [0.25, 0.3) is 11.5 Å². The summed E-state index contributed by atoms with van der Waals surface area (Å²) in [4.78, 5) is 32.6. The van der Waals surface area contributed by atoms with E-state index >= 15 is 0 Å². The first-order valence-corrected chi connectivity index (χ1v) is 11.5. The number of benzene rings is 1. The van der Waals surface area contributed by atoms with Gasteiger partial charge in [0.1, 0.15) is 5.56 Å². The van der Waals surface area contributed by atoms with Gasteiger partial charge in [-0.15, -0.1) is 5.10 Å². The summed E-state index contributed by atoms with van der Waals surface area (Å²) in [5.41, 5.74) is 0.316. The van der Waals surface area contributed by atoms with E-state index in [1.807, 2.05) is 13.0 Å². The molecule has 3 heterocycles. The van der Waals surface area contributed by atoms with Gasteiger partial charge in [-0.3, -0.25) is 9.59 Å². The van der Waals surface area contributed by atoms with Crippen molar-refractivity contribution in [3.8, 4) is 11.5 Å². The highest BCUT2D eigenvalue weighted by Gasteiger charge is 2.22. The van der Waals surface area contributed by atoms with Gasteiger partial charge in [0.2, 0.25) is 10.1 Å². The predicted molar refractivity (Wildman–Crippen MR) is 123 cm³/mol. The highest BCUT2D eigenvalue weighted by atomic mass is 32.1. The van der Waals surface area contributed by atoms with Crippen LogP contribution in [0.4, 0.5) is 5.13 Å². The minimum absolute atomic E-state index is 0.0377. The van der Waals surface area contributed by atoms with Crippen LogP contribution in [0, 0.1) is 5.92 Å². The lowest BCUT2D eigenvalue weighted by Gasteiger charge is -2.30. The Balaban J connectivity index is 1.50. The van der Waals surface area contributed by atoms with E-state index in [0.717, 1.165) is 30.2 Å². The highest BCUT2D eigenvalue weighted by molar-refractivity contribution is 7.20. The number of methoxy groups -OCH3 is 1. The number of nitrogens with zero attached hydrogens (tertiary/aromatic N) is 4. The topological polar surface area (TPSA) is 98.1 Å². The van der Waals surface area contributed by atoms with Gasteiger partial charge in [0, 0.05) is 25.8 Å². The molecule has 1 saturated heterocycles. The lowest BCUT2D eigenvalue weighted by molar-refractivity contribution is 0.0948. The third-order valence-electron chi connectivity index (χ3n) is 5.43. The number of amides is 1. The number of rotatable bonds is 7. The molecule has 0 aliphatic carbocycles. The molecule has 1 amide bonds. The Bertz CT molecular complexity index is 1170. The van der Waals surface area contributed by atoms with Crippen molar-refractivity contribution in [3.63, 3.8) is 0 Å². The summed E-state index contributed by atoms with van der Waals surface area (Å²) in [7, 11) is 1.56. The molecule has 1 fully saturated rings. The Labute approximate surface area is 190 Å². The number of hydrogen-bond acceptors (Lipinski definition) is 8. The molecule has 32 heavy (non-hydrogen) atoms. The van der Waals surface area contributed by atoms with E-state index in [1.165, 1.54) is 28.5 Å². The summed E-state index contributed by atoms with van der Waals surface area (Å²) in [6.07, 6.45) is 3.63. The molecule has 2 aromatic heterocycles. The van der Waals surface area contributed by atoms with Gasteiger partial charge in [-0.1, -0.05) is 24.3 Å². The van der Waals surface area contributed by atoms with Gasteiger partial charge >= 0.3 is 0 Å². The average molecular weight is 458 g/mol. The lowest BCUT2D eigenvalue weighted by atomic mass is 10.0. The molecule has 170 valence electrons. The van der Waals surface area contributed by atoms with Crippen LogP contribution in [0.1, 0.15) is 42.6 Å². The van der Waals surface area contributed by atoms with Crippen LogP contribution in [0.2, 0.25) is 0 Å². The zero-order chi connectivity index (χ0) is 22.7. The van der Waals surface area contributed by atoms with Crippen molar-refractivity contribution in [3.05, 3.63) is 45.9 Å². The van der Waals surface area contributed by atoms with Gasteiger partial charge in [-0.2, -0.15) is 4.52 Å². The fraction of sp³-hybridized carbons (Fsp3) is 0.455. The SMILES string of the molecule is CCOc1ccc(CNC(=O)c2cnc3sc(N4CCC[C@@H](C)C4)nn3c2=O)cc1OC. The molecule has 3 aromatic rings. The maximum atomic E-state index is 12.9. The molecule has 1 aliphatic rings. The first-order valence-electron chi connectivity index (χ1n) is 10.7. The van der Waals surface area contributed by atoms with E-state index in [9.17, 15) is 9.59 Å². The second-order valence-electron chi connectivity index (χ2n) is 7.85. The molecule has 0 saturated carbocycles. The number of anilines is 1. The highest BCUT2D eigenvalue weighted by Crippen LogP contribution is 2.28. The van der Waals surface area contributed by atoms with Crippen LogP contribution in [0.15, 0.2) is 29.2 Å². The molecular formula is C22H27N5O4S. The van der Waals surface area contributed by atoms with Crippen LogP contribution in [-0.4, -0.2) is 47.3 Å². The molecule has 0 bridgehead atoms. The van der Waals surface area contributed by atoms with Crippen molar-refractivity contribution in [2.75, 3.05) is 31.7 Å². The second-order valence-corrected chi connectivity index (χ2v) is 8.78. The van der Waals surface area contributed by atoms with Crippen LogP contribution < -0.4 is 25.2 Å². The van der Waals surface area contributed by atoms with Gasteiger partial charge in [0.15, 0.2) is 11.5 Å². The number of nitrogens with one attached hydrogen (secondary N) is 1. The minimum atomic E-state index is -0.495. The monoisotopic (exact) mass is 457 g/mol. The number of aromatic nitrogens is 3. The van der Waals surface area contributed by atoms with Gasteiger partial charge in [-0.05, 0) is 43.4 Å². The van der Waals surface area contributed by atoms with Crippen LogP contribution in [0.25, 0.3) is 4.96 Å². The lowest BCUT2D eigenvalue weighted by Crippen LogP contribution is -2.34. The Morgan fingerprint density at radius 2 is 2.19 bits per heavy atom. The standard InChI is InChI=1S/C22H27N5O4S/c1-4-31-17-8-7-15(10-18(17)30-3)11-23-19(28)16-12-24-21-27(20(16)29)25-22(32-21)26-9-5-6-14(2)13-26/h7-8,10,12,14H,4-6,9,11,13H2,1-3H3,(H,23,28)/t14-/m1/s1. The van der Waals surface area contributed by atoms with E-state index in [2.05, 4.69) is 27.2 Å². The van der Waals surface area contributed by atoms with Crippen LogP contribution >= 0.6 is 11.3 Å². The number of fused-ring (bicyclic) bond motifs is 1. The number of ether oxygens (including phenoxy) is 2. The van der Waals surface area contributed by atoms with E-state index in [1.54, 1.807) is 19.2 Å². The molecule has 0 radical (unpaired) electrons. The Morgan fingerprint density at radius 1 is 1.34 bits per heavy atom. The number of hydrogen-bond donors (Lipinski definition) is 1. The van der Waals surface area contributed by atoms with Crippen LogP contribution in [0.5, 0.6) is 11.5 Å². The number of carbonyl (C=O) groups excluding carboxylic acids is 1. The summed E-state index contributed by atoms with van der Waals surface area (Å²) in [6, 6.07) is 5.44. The summed E-state index contributed by atoms with van der Waals surface area (Å²) in [5.74, 6) is 1.32. The normalized spacial score (nSPS) is 16.2. The summed E-state index contributed by atoms with van der Waals surface area (Å²) < 4.78 is 12.1. The molecule has 1 atom stereocenters. The van der Waals surface area contributed by atoms with Crippen molar-refractivity contribution in [2.45, 2.75) is 33.2 Å². The third kappa shape index (κ3) is 4.55. The number of piperidine rings is 1. The molecule has 0 spiro atoms. The van der Waals surface area contributed by atoms with Crippen LogP contribution in [0.3, 0.4) is 0 Å².